The lowest BCUT2D eigenvalue weighted by Crippen LogP contribution is -2.48. The SMILES string of the molecule is CC(=O)N1CCN(c2ccc(Nc3nc(Nc4ccc5[nH]ncc5c4)c4cc[nH]c4n3)cc2)CC1. The molecular weight excluding hydrogens is 442 g/mol. The van der Waals surface area contributed by atoms with E-state index < -0.39 is 0 Å². The Balaban J connectivity index is 1.20. The zero-order valence-electron chi connectivity index (χ0n) is 19.2. The summed E-state index contributed by atoms with van der Waals surface area (Å²) in [6.45, 7) is 4.80. The molecule has 35 heavy (non-hydrogen) atoms. The third-order valence-corrected chi connectivity index (χ3v) is 6.33. The fraction of sp³-hybridized carbons (Fsp3) is 0.200. The lowest BCUT2D eigenvalue weighted by atomic mass is 10.2. The molecule has 0 aliphatic carbocycles. The summed E-state index contributed by atoms with van der Waals surface area (Å²) in [7, 11) is 0. The normalized spacial score (nSPS) is 14.0. The lowest BCUT2D eigenvalue weighted by Gasteiger charge is -2.35. The molecule has 0 saturated carbocycles. The number of piperazine rings is 1. The van der Waals surface area contributed by atoms with Crippen molar-refractivity contribution in [2.24, 2.45) is 0 Å². The molecule has 0 bridgehead atoms. The summed E-state index contributed by atoms with van der Waals surface area (Å²) in [6.07, 6.45) is 3.65. The van der Waals surface area contributed by atoms with E-state index in [1.807, 2.05) is 47.5 Å². The second-order valence-electron chi connectivity index (χ2n) is 8.60. The van der Waals surface area contributed by atoms with Gasteiger partial charge in [0.05, 0.1) is 17.1 Å². The van der Waals surface area contributed by atoms with Crippen molar-refractivity contribution in [1.82, 2.24) is 30.0 Å². The van der Waals surface area contributed by atoms with Crippen LogP contribution in [0.25, 0.3) is 21.9 Å². The summed E-state index contributed by atoms with van der Waals surface area (Å²) in [6, 6.07) is 16.2. The monoisotopic (exact) mass is 467 g/mol. The van der Waals surface area contributed by atoms with Gasteiger partial charge in [0.2, 0.25) is 11.9 Å². The van der Waals surface area contributed by atoms with E-state index in [4.69, 9.17) is 4.98 Å². The van der Waals surface area contributed by atoms with Crippen molar-refractivity contribution in [2.75, 3.05) is 41.7 Å². The molecule has 1 fully saturated rings. The van der Waals surface area contributed by atoms with Crippen LogP contribution in [0.1, 0.15) is 6.92 Å². The molecule has 2 aromatic carbocycles. The number of fused-ring (bicyclic) bond motifs is 2. The van der Waals surface area contributed by atoms with Gasteiger partial charge in [-0.3, -0.25) is 9.89 Å². The van der Waals surface area contributed by atoms with Gasteiger partial charge in [-0.2, -0.15) is 15.1 Å². The minimum Gasteiger partial charge on any atom is -0.368 e. The minimum absolute atomic E-state index is 0.138. The smallest absolute Gasteiger partial charge is 0.231 e. The molecule has 10 nitrogen and oxygen atoms in total. The molecule has 0 unspecified atom stereocenters. The maximum atomic E-state index is 11.6. The van der Waals surface area contributed by atoms with Gasteiger partial charge < -0.3 is 25.4 Å². The Hall–Kier alpha value is -4.60. The number of anilines is 5. The molecule has 5 aromatic rings. The number of amides is 1. The van der Waals surface area contributed by atoms with E-state index >= 15 is 0 Å². The van der Waals surface area contributed by atoms with Crippen LogP contribution in [0.5, 0.6) is 0 Å². The fourth-order valence-corrected chi connectivity index (χ4v) is 4.41. The number of aromatic nitrogens is 5. The molecule has 6 rings (SSSR count). The van der Waals surface area contributed by atoms with E-state index in [9.17, 15) is 4.79 Å². The molecule has 4 heterocycles. The van der Waals surface area contributed by atoms with Gasteiger partial charge in [0.1, 0.15) is 11.5 Å². The summed E-state index contributed by atoms with van der Waals surface area (Å²) in [5, 5.41) is 15.7. The van der Waals surface area contributed by atoms with Crippen LogP contribution in [0.2, 0.25) is 0 Å². The topological polar surface area (TPSA) is 118 Å². The fourth-order valence-electron chi connectivity index (χ4n) is 4.41. The summed E-state index contributed by atoms with van der Waals surface area (Å²) >= 11 is 0. The van der Waals surface area contributed by atoms with Gasteiger partial charge in [-0.05, 0) is 48.5 Å². The number of carbonyl (C=O) groups is 1. The van der Waals surface area contributed by atoms with Crippen LogP contribution in [0.3, 0.4) is 0 Å². The average molecular weight is 468 g/mol. The van der Waals surface area contributed by atoms with Crippen LogP contribution in [0.4, 0.5) is 28.8 Å². The Morgan fingerprint density at radius 2 is 1.74 bits per heavy atom. The van der Waals surface area contributed by atoms with Crippen molar-refractivity contribution in [2.45, 2.75) is 6.92 Å². The third kappa shape index (κ3) is 4.21. The number of H-pyrrole nitrogens is 2. The number of aromatic amines is 2. The van der Waals surface area contributed by atoms with E-state index in [-0.39, 0.29) is 5.91 Å². The number of carbonyl (C=O) groups excluding carboxylic acids is 1. The van der Waals surface area contributed by atoms with Gasteiger partial charge in [0, 0.05) is 61.7 Å². The van der Waals surface area contributed by atoms with Crippen LogP contribution in [0, 0.1) is 0 Å². The van der Waals surface area contributed by atoms with Crippen molar-refractivity contribution in [1.29, 1.82) is 0 Å². The number of nitrogens with one attached hydrogen (secondary N) is 4. The number of rotatable bonds is 5. The maximum absolute atomic E-state index is 11.6. The lowest BCUT2D eigenvalue weighted by molar-refractivity contribution is -0.129. The predicted octanol–water partition coefficient (Wildman–Crippen LogP) is 3.99. The Bertz CT molecular complexity index is 1500. The first-order valence-electron chi connectivity index (χ1n) is 11.6. The molecular formula is C25H25N9O. The van der Waals surface area contributed by atoms with Crippen LogP contribution < -0.4 is 15.5 Å². The standard InChI is InChI=1S/C25H25N9O/c1-16(35)33-10-12-34(13-11-33)20-5-2-18(3-6-20)29-25-30-23-21(8-9-26-23)24(31-25)28-19-4-7-22-17(14-19)15-27-32-22/h2-9,14-15H,10-13H2,1H3,(H,27,32)(H3,26,28,29,30,31). The van der Waals surface area contributed by atoms with Gasteiger partial charge >= 0.3 is 0 Å². The molecule has 0 spiro atoms. The molecule has 1 amide bonds. The van der Waals surface area contributed by atoms with Crippen molar-refractivity contribution in [3.8, 4) is 0 Å². The van der Waals surface area contributed by atoms with E-state index in [2.05, 4.69) is 47.8 Å². The Morgan fingerprint density at radius 1 is 0.943 bits per heavy atom. The molecule has 176 valence electrons. The van der Waals surface area contributed by atoms with Crippen LogP contribution in [-0.4, -0.2) is 62.1 Å². The zero-order valence-corrected chi connectivity index (χ0v) is 19.2. The number of hydrogen-bond acceptors (Lipinski definition) is 7. The maximum Gasteiger partial charge on any atom is 0.231 e. The number of nitrogens with zero attached hydrogens (tertiary/aromatic N) is 5. The van der Waals surface area contributed by atoms with E-state index in [1.54, 1.807) is 13.1 Å². The molecule has 1 aliphatic heterocycles. The summed E-state index contributed by atoms with van der Waals surface area (Å²) in [5.41, 5.74) is 4.68. The minimum atomic E-state index is 0.138. The Labute approximate surface area is 201 Å². The second kappa shape index (κ2) is 8.64. The quantitative estimate of drug-likeness (QED) is 0.309. The molecule has 10 heteroatoms. The van der Waals surface area contributed by atoms with Crippen molar-refractivity contribution >= 4 is 56.7 Å². The molecule has 1 aliphatic rings. The highest BCUT2D eigenvalue weighted by atomic mass is 16.2. The first kappa shape index (κ1) is 21.0. The average Bonchev–Trinajstić information content (AvgIpc) is 3.54. The van der Waals surface area contributed by atoms with Crippen LogP contribution >= 0.6 is 0 Å². The van der Waals surface area contributed by atoms with Crippen LogP contribution in [0.15, 0.2) is 60.9 Å². The van der Waals surface area contributed by atoms with Gasteiger partial charge in [0.15, 0.2) is 0 Å². The summed E-state index contributed by atoms with van der Waals surface area (Å²) in [4.78, 5) is 28.3. The summed E-state index contributed by atoms with van der Waals surface area (Å²) < 4.78 is 0. The van der Waals surface area contributed by atoms with E-state index in [0.717, 1.165) is 65.2 Å². The van der Waals surface area contributed by atoms with Crippen molar-refractivity contribution in [3.63, 3.8) is 0 Å². The molecule has 0 atom stereocenters. The number of hydrogen-bond donors (Lipinski definition) is 4. The second-order valence-corrected chi connectivity index (χ2v) is 8.60. The number of benzene rings is 2. The summed E-state index contributed by atoms with van der Waals surface area (Å²) in [5.74, 6) is 1.34. The highest BCUT2D eigenvalue weighted by Crippen LogP contribution is 2.28. The first-order valence-corrected chi connectivity index (χ1v) is 11.6. The Kier molecular flexibility index (Phi) is 5.17. The Morgan fingerprint density at radius 3 is 2.54 bits per heavy atom. The first-order chi connectivity index (χ1) is 17.1. The molecule has 0 radical (unpaired) electrons. The van der Waals surface area contributed by atoms with Crippen molar-refractivity contribution < 1.29 is 4.79 Å². The largest absolute Gasteiger partial charge is 0.368 e. The highest BCUT2D eigenvalue weighted by molar-refractivity contribution is 5.91. The highest BCUT2D eigenvalue weighted by Gasteiger charge is 2.18. The van der Waals surface area contributed by atoms with Crippen LogP contribution in [-0.2, 0) is 4.79 Å². The van der Waals surface area contributed by atoms with E-state index in [0.29, 0.717) is 11.8 Å². The third-order valence-electron chi connectivity index (χ3n) is 6.33. The molecule has 3 aromatic heterocycles. The van der Waals surface area contributed by atoms with Crippen molar-refractivity contribution in [3.05, 3.63) is 60.9 Å². The zero-order chi connectivity index (χ0) is 23.8. The molecule has 1 saturated heterocycles. The van der Waals surface area contributed by atoms with Gasteiger partial charge in [-0.25, -0.2) is 0 Å². The molecule has 4 N–H and O–H groups in total. The van der Waals surface area contributed by atoms with E-state index in [1.165, 1.54) is 0 Å². The predicted molar refractivity (Wildman–Crippen MR) is 137 cm³/mol. The van der Waals surface area contributed by atoms with Gasteiger partial charge in [-0.1, -0.05) is 0 Å². The van der Waals surface area contributed by atoms with Gasteiger partial charge in [-0.15, -0.1) is 0 Å². The van der Waals surface area contributed by atoms with Gasteiger partial charge in [0.25, 0.3) is 0 Å².